The lowest BCUT2D eigenvalue weighted by molar-refractivity contribution is -0.160. The van der Waals surface area contributed by atoms with Crippen LogP contribution >= 0.6 is 0 Å². The Kier molecular flexibility index (Phi) is 2.86. The first kappa shape index (κ1) is 11.7. The predicted octanol–water partition coefficient (Wildman–Crippen LogP) is 2.64. The summed E-state index contributed by atoms with van der Waals surface area (Å²) >= 11 is 0. The van der Waals surface area contributed by atoms with Gasteiger partial charge in [0.2, 0.25) is 0 Å². The van der Waals surface area contributed by atoms with Crippen molar-refractivity contribution in [3.8, 4) is 0 Å². The second-order valence-corrected chi connectivity index (χ2v) is 5.08. The molecule has 1 aliphatic carbocycles. The first-order valence-electron chi connectivity index (χ1n) is 6.64. The third-order valence-corrected chi connectivity index (χ3v) is 4.19. The SMILES string of the molecule is CCOC(=O)C12CCOC1c1ccccc1CC2. The average Bonchev–Trinajstić information content (AvgIpc) is 2.84. The van der Waals surface area contributed by atoms with Crippen molar-refractivity contribution in [2.24, 2.45) is 5.41 Å². The first-order valence-corrected chi connectivity index (χ1v) is 6.64. The lowest BCUT2D eigenvalue weighted by Gasteiger charge is -2.36. The first-order chi connectivity index (χ1) is 8.78. The fraction of sp³-hybridized carbons (Fsp3) is 0.533. The lowest BCUT2D eigenvalue weighted by Crippen LogP contribution is -2.39. The molecule has 2 atom stereocenters. The monoisotopic (exact) mass is 246 g/mol. The summed E-state index contributed by atoms with van der Waals surface area (Å²) in [5.74, 6) is -0.0815. The van der Waals surface area contributed by atoms with E-state index in [2.05, 4.69) is 12.1 Å². The van der Waals surface area contributed by atoms with Crippen LogP contribution in [0.5, 0.6) is 0 Å². The zero-order chi connectivity index (χ0) is 12.6. The molecule has 1 saturated heterocycles. The van der Waals surface area contributed by atoms with E-state index in [0.29, 0.717) is 13.2 Å². The van der Waals surface area contributed by atoms with Gasteiger partial charge in [0.15, 0.2) is 0 Å². The number of esters is 1. The maximum absolute atomic E-state index is 12.3. The molecule has 2 unspecified atom stereocenters. The van der Waals surface area contributed by atoms with Crippen LogP contribution in [0.15, 0.2) is 24.3 Å². The third-order valence-electron chi connectivity index (χ3n) is 4.19. The number of ether oxygens (including phenoxy) is 2. The van der Waals surface area contributed by atoms with Crippen molar-refractivity contribution in [3.05, 3.63) is 35.4 Å². The largest absolute Gasteiger partial charge is 0.465 e. The summed E-state index contributed by atoms with van der Waals surface area (Å²) in [5, 5.41) is 0. The number of hydrogen-bond donors (Lipinski definition) is 0. The van der Waals surface area contributed by atoms with E-state index in [4.69, 9.17) is 9.47 Å². The summed E-state index contributed by atoms with van der Waals surface area (Å²) in [6, 6.07) is 8.28. The van der Waals surface area contributed by atoms with Crippen LogP contribution in [0.3, 0.4) is 0 Å². The molecule has 0 spiro atoms. The average molecular weight is 246 g/mol. The normalized spacial score (nSPS) is 29.5. The molecule has 0 N–H and O–H groups in total. The predicted molar refractivity (Wildman–Crippen MR) is 67.1 cm³/mol. The van der Waals surface area contributed by atoms with E-state index in [9.17, 15) is 4.79 Å². The fourth-order valence-electron chi connectivity index (χ4n) is 3.25. The van der Waals surface area contributed by atoms with E-state index in [0.717, 1.165) is 19.3 Å². The molecule has 1 heterocycles. The van der Waals surface area contributed by atoms with Crippen LogP contribution in [-0.2, 0) is 20.7 Å². The summed E-state index contributed by atoms with van der Waals surface area (Å²) in [6.45, 7) is 2.95. The Morgan fingerprint density at radius 1 is 1.44 bits per heavy atom. The number of rotatable bonds is 2. The van der Waals surface area contributed by atoms with Crippen molar-refractivity contribution in [2.75, 3.05) is 13.2 Å². The summed E-state index contributed by atoms with van der Waals surface area (Å²) in [5.41, 5.74) is 2.04. The van der Waals surface area contributed by atoms with Gasteiger partial charge in [-0.05, 0) is 37.3 Å². The molecular weight excluding hydrogens is 228 g/mol. The van der Waals surface area contributed by atoms with Gasteiger partial charge < -0.3 is 9.47 Å². The van der Waals surface area contributed by atoms with Crippen LogP contribution in [0.25, 0.3) is 0 Å². The van der Waals surface area contributed by atoms with Crippen LogP contribution in [0.4, 0.5) is 0 Å². The number of carbonyl (C=O) groups excluding carboxylic acids is 1. The molecule has 0 saturated carbocycles. The highest BCUT2D eigenvalue weighted by atomic mass is 16.5. The van der Waals surface area contributed by atoms with Gasteiger partial charge in [0.05, 0.1) is 12.7 Å². The molecule has 1 aromatic rings. The van der Waals surface area contributed by atoms with Crippen molar-refractivity contribution >= 4 is 5.97 Å². The summed E-state index contributed by atoms with van der Waals surface area (Å²) in [4.78, 5) is 12.3. The molecule has 3 heteroatoms. The maximum Gasteiger partial charge on any atom is 0.315 e. The fourth-order valence-corrected chi connectivity index (χ4v) is 3.25. The zero-order valence-electron chi connectivity index (χ0n) is 10.6. The number of fused-ring (bicyclic) bond motifs is 3. The van der Waals surface area contributed by atoms with Gasteiger partial charge in [-0.1, -0.05) is 24.3 Å². The highest BCUT2D eigenvalue weighted by Crippen LogP contribution is 2.53. The molecule has 1 fully saturated rings. The quantitative estimate of drug-likeness (QED) is 0.752. The van der Waals surface area contributed by atoms with E-state index in [-0.39, 0.29) is 12.1 Å². The number of hydrogen-bond acceptors (Lipinski definition) is 3. The molecule has 0 amide bonds. The summed E-state index contributed by atoms with van der Waals surface area (Å²) in [7, 11) is 0. The van der Waals surface area contributed by atoms with Crippen LogP contribution in [0.1, 0.15) is 37.0 Å². The minimum absolute atomic E-state index is 0.0815. The van der Waals surface area contributed by atoms with Crippen LogP contribution in [0, 0.1) is 5.41 Å². The van der Waals surface area contributed by atoms with E-state index in [1.807, 2.05) is 19.1 Å². The van der Waals surface area contributed by atoms with Crippen molar-refractivity contribution in [3.63, 3.8) is 0 Å². The summed E-state index contributed by atoms with van der Waals surface area (Å²) in [6.07, 6.45) is 2.45. The molecule has 0 radical (unpaired) electrons. The van der Waals surface area contributed by atoms with Crippen molar-refractivity contribution < 1.29 is 14.3 Å². The Bertz CT molecular complexity index is 469. The minimum Gasteiger partial charge on any atom is -0.465 e. The Morgan fingerprint density at radius 2 is 2.28 bits per heavy atom. The lowest BCUT2D eigenvalue weighted by atomic mass is 9.69. The standard InChI is InChI=1S/C15H18O3/c1-2-17-14(16)15-8-7-11-5-3-4-6-12(11)13(15)18-10-9-15/h3-6,13H,2,7-10H2,1H3. The van der Waals surface area contributed by atoms with Gasteiger partial charge in [0, 0.05) is 6.61 Å². The molecule has 3 nitrogen and oxygen atoms in total. The second-order valence-electron chi connectivity index (χ2n) is 5.08. The van der Waals surface area contributed by atoms with Crippen LogP contribution < -0.4 is 0 Å². The smallest absolute Gasteiger partial charge is 0.315 e. The van der Waals surface area contributed by atoms with E-state index >= 15 is 0 Å². The Hall–Kier alpha value is -1.35. The van der Waals surface area contributed by atoms with Crippen molar-refractivity contribution in [1.29, 1.82) is 0 Å². The zero-order valence-corrected chi connectivity index (χ0v) is 10.6. The van der Waals surface area contributed by atoms with Gasteiger partial charge in [0.25, 0.3) is 0 Å². The molecule has 0 bridgehead atoms. The van der Waals surface area contributed by atoms with E-state index in [1.54, 1.807) is 0 Å². The molecule has 96 valence electrons. The minimum atomic E-state index is -0.440. The Morgan fingerprint density at radius 3 is 3.11 bits per heavy atom. The Balaban J connectivity index is 2.00. The van der Waals surface area contributed by atoms with Gasteiger partial charge in [-0.3, -0.25) is 4.79 Å². The van der Waals surface area contributed by atoms with Crippen LogP contribution in [0.2, 0.25) is 0 Å². The molecule has 3 rings (SSSR count). The molecular formula is C15H18O3. The van der Waals surface area contributed by atoms with Crippen molar-refractivity contribution in [1.82, 2.24) is 0 Å². The second kappa shape index (κ2) is 4.39. The number of carbonyl (C=O) groups is 1. The molecule has 0 aromatic heterocycles. The van der Waals surface area contributed by atoms with Crippen LogP contribution in [-0.4, -0.2) is 19.2 Å². The molecule has 1 aliphatic heterocycles. The van der Waals surface area contributed by atoms with Gasteiger partial charge in [-0.25, -0.2) is 0 Å². The molecule has 18 heavy (non-hydrogen) atoms. The van der Waals surface area contributed by atoms with Gasteiger partial charge in [0.1, 0.15) is 5.41 Å². The van der Waals surface area contributed by atoms with Gasteiger partial charge in [-0.15, -0.1) is 0 Å². The van der Waals surface area contributed by atoms with Gasteiger partial charge in [-0.2, -0.15) is 0 Å². The van der Waals surface area contributed by atoms with E-state index < -0.39 is 5.41 Å². The number of benzene rings is 1. The molecule has 2 aliphatic rings. The highest BCUT2D eigenvalue weighted by molar-refractivity contribution is 5.79. The maximum atomic E-state index is 12.3. The van der Waals surface area contributed by atoms with Crippen molar-refractivity contribution in [2.45, 2.75) is 32.3 Å². The van der Waals surface area contributed by atoms with E-state index in [1.165, 1.54) is 11.1 Å². The third kappa shape index (κ3) is 1.57. The molecule has 1 aromatic carbocycles. The summed E-state index contributed by atoms with van der Waals surface area (Å²) < 4.78 is 11.1. The number of aryl methyl sites for hydroxylation is 1. The highest BCUT2D eigenvalue weighted by Gasteiger charge is 2.54. The topological polar surface area (TPSA) is 35.5 Å². The van der Waals surface area contributed by atoms with Gasteiger partial charge >= 0.3 is 5.97 Å². The Labute approximate surface area is 107 Å².